The molecule has 15 heavy (non-hydrogen) atoms. The lowest BCUT2D eigenvalue weighted by atomic mass is 10.2. The molecule has 84 valence electrons. The number of aromatic carboxylic acids is 1. The van der Waals surface area contributed by atoms with Gasteiger partial charge in [0.2, 0.25) is 0 Å². The van der Waals surface area contributed by atoms with Crippen molar-refractivity contribution < 1.29 is 23.1 Å². The van der Waals surface area contributed by atoms with Crippen LogP contribution in [0.2, 0.25) is 0 Å². The van der Waals surface area contributed by atoms with E-state index in [1.54, 1.807) is 6.92 Å². The molecule has 1 heterocycles. The first-order valence-corrected chi connectivity index (χ1v) is 4.37. The van der Waals surface area contributed by atoms with Crippen LogP contribution in [-0.4, -0.2) is 15.6 Å². The minimum Gasteiger partial charge on any atom is -0.478 e. The second-order valence-corrected chi connectivity index (χ2v) is 3.07. The maximum Gasteiger partial charge on any atom is 0.432 e. The van der Waals surface area contributed by atoms with Gasteiger partial charge in [0.15, 0.2) is 0 Å². The number of halogens is 3. The van der Waals surface area contributed by atoms with Gasteiger partial charge in [-0.1, -0.05) is 6.92 Å². The number of carboxylic acid groups (broad SMARTS) is 1. The van der Waals surface area contributed by atoms with Crippen molar-refractivity contribution in [3.63, 3.8) is 0 Å². The largest absolute Gasteiger partial charge is 0.478 e. The average Bonchev–Trinajstić information content (AvgIpc) is 2.47. The molecule has 6 heteroatoms. The standard InChI is InChI=1S/C9H10F3NO2/c1-2-4-13-5-3-6(8(14)15)7(13)9(10,11)12/h3,5H,2,4H2,1H3,(H,14,15). The minimum absolute atomic E-state index is 0.155. The predicted molar refractivity (Wildman–Crippen MR) is 46.7 cm³/mol. The molecule has 0 fully saturated rings. The summed E-state index contributed by atoms with van der Waals surface area (Å²) in [5.41, 5.74) is -1.78. The zero-order valence-corrected chi connectivity index (χ0v) is 8.01. The van der Waals surface area contributed by atoms with Crippen LogP contribution in [0.4, 0.5) is 13.2 Å². The molecule has 0 aromatic carbocycles. The van der Waals surface area contributed by atoms with Gasteiger partial charge in [-0.15, -0.1) is 0 Å². The molecular formula is C9H10F3NO2. The number of rotatable bonds is 3. The molecule has 0 saturated carbocycles. The van der Waals surface area contributed by atoms with Crippen LogP contribution in [0.1, 0.15) is 29.4 Å². The zero-order chi connectivity index (χ0) is 11.6. The van der Waals surface area contributed by atoms with Gasteiger partial charge in [0.1, 0.15) is 5.69 Å². The Morgan fingerprint density at radius 2 is 2.13 bits per heavy atom. The molecule has 0 aliphatic rings. The second-order valence-electron chi connectivity index (χ2n) is 3.07. The van der Waals surface area contributed by atoms with Gasteiger partial charge in [0.25, 0.3) is 0 Å². The van der Waals surface area contributed by atoms with Crippen molar-refractivity contribution in [2.75, 3.05) is 0 Å². The van der Waals surface area contributed by atoms with Gasteiger partial charge in [-0.25, -0.2) is 4.79 Å². The van der Waals surface area contributed by atoms with Gasteiger partial charge in [-0.05, 0) is 12.5 Å². The average molecular weight is 221 g/mol. The predicted octanol–water partition coefficient (Wildman–Crippen LogP) is 2.62. The SMILES string of the molecule is CCCn1ccc(C(=O)O)c1C(F)(F)F. The molecule has 0 aliphatic heterocycles. The van der Waals surface area contributed by atoms with Crippen molar-refractivity contribution in [1.82, 2.24) is 4.57 Å². The lowest BCUT2D eigenvalue weighted by molar-refractivity contribution is -0.144. The molecule has 1 aromatic rings. The molecule has 0 atom stereocenters. The molecule has 0 saturated heterocycles. The summed E-state index contributed by atoms with van der Waals surface area (Å²) in [5.74, 6) is -1.56. The number of carboxylic acids is 1. The normalized spacial score (nSPS) is 11.7. The Bertz CT molecular complexity index is 368. The number of alkyl halides is 3. The topological polar surface area (TPSA) is 42.2 Å². The van der Waals surface area contributed by atoms with E-state index in [0.717, 1.165) is 16.8 Å². The molecule has 1 rings (SSSR count). The lowest BCUT2D eigenvalue weighted by Crippen LogP contribution is -2.17. The fraction of sp³-hybridized carbons (Fsp3) is 0.444. The first kappa shape index (κ1) is 11.6. The van der Waals surface area contributed by atoms with Gasteiger partial charge >= 0.3 is 12.1 Å². The van der Waals surface area contributed by atoms with E-state index in [-0.39, 0.29) is 6.54 Å². The summed E-state index contributed by atoms with van der Waals surface area (Å²) in [6.07, 6.45) is -2.97. The highest BCUT2D eigenvalue weighted by atomic mass is 19.4. The first-order chi connectivity index (χ1) is 6.88. The Morgan fingerprint density at radius 1 is 1.53 bits per heavy atom. The smallest absolute Gasteiger partial charge is 0.432 e. The third-order valence-corrected chi connectivity index (χ3v) is 1.93. The number of aryl methyl sites for hydroxylation is 1. The van der Waals surface area contributed by atoms with Crippen LogP contribution in [0.25, 0.3) is 0 Å². The summed E-state index contributed by atoms with van der Waals surface area (Å²) in [6.45, 7) is 1.88. The van der Waals surface area contributed by atoms with Crippen molar-refractivity contribution in [3.05, 3.63) is 23.5 Å². The van der Waals surface area contributed by atoms with Crippen LogP contribution in [0, 0.1) is 0 Å². The molecule has 3 nitrogen and oxygen atoms in total. The lowest BCUT2D eigenvalue weighted by Gasteiger charge is -2.12. The van der Waals surface area contributed by atoms with Crippen LogP contribution in [0.3, 0.4) is 0 Å². The van der Waals surface area contributed by atoms with E-state index in [4.69, 9.17) is 5.11 Å². The highest BCUT2D eigenvalue weighted by molar-refractivity contribution is 5.89. The van der Waals surface area contributed by atoms with Gasteiger partial charge in [0, 0.05) is 12.7 Å². The summed E-state index contributed by atoms with van der Waals surface area (Å²) in [4.78, 5) is 10.6. The van der Waals surface area contributed by atoms with E-state index in [1.807, 2.05) is 0 Å². The van der Waals surface area contributed by atoms with Crippen molar-refractivity contribution in [1.29, 1.82) is 0 Å². The van der Waals surface area contributed by atoms with E-state index in [1.165, 1.54) is 0 Å². The monoisotopic (exact) mass is 221 g/mol. The van der Waals surface area contributed by atoms with Gasteiger partial charge in [-0.3, -0.25) is 0 Å². The van der Waals surface area contributed by atoms with Crippen LogP contribution in [-0.2, 0) is 12.7 Å². The molecular weight excluding hydrogens is 211 g/mol. The number of nitrogens with zero attached hydrogens (tertiary/aromatic N) is 1. The van der Waals surface area contributed by atoms with Crippen molar-refractivity contribution >= 4 is 5.97 Å². The third kappa shape index (κ3) is 2.31. The number of hydrogen-bond donors (Lipinski definition) is 1. The number of hydrogen-bond acceptors (Lipinski definition) is 1. The van der Waals surface area contributed by atoms with Crippen molar-refractivity contribution in [2.24, 2.45) is 0 Å². The molecule has 1 N–H and O–H groups in total. The van der Waals surface area contributed by atoms with Crippen LogP contribution in [0.5, 0.6) is 0 Å². The highest BCUT2D eigenvalue weighted by Gasteiger charge is 2.38. The Labute approximate surface area is 84.1 Å². The van der Waals surface area contributed by atoms with Crippen molar-refractivity contribution in [2.45, 2.75) is 26.1 Å². The van der Waals surface area contributed by atoms with Crippen LogP contribution >= 0.6 is 0 Å². The summed E-state index contributed by atoms with van der Waals surface area (Å²) in [7, 11) is 0. The van der Waals surface area contributed by atoms with E-state index in [2.05, 4.69) is 0 Å². The van der Waals surface area contributed by atoms with Gasteiger partial charge in [-0.2, -0.15) is 13.2 Å². The zero-order valence-electron chi connectivity index (χ0n) is 8.01. The van der Waals surface area contributed by atoms with Crippen LogP contribution < -0.4 is 0 Å². The van der Waals surface area contributed by atoms with E-state index in [0.29, 0.717) is 6.42 Å². The maximum atomic E-state index is 12.5. The summed E-state index contributed by atoms with van der Waals surface area (Å²) in [6, 6.07) is 0.973. The molecule has 1 aromatic heterocycles. The van der Waals surface area contributed by atoms with E-state index in [9.17, 15) is 18.0 Å². The number of carbonyl (C=O) groups is 1. The third-order valence-electron chi connectivity index (χ3n) is 1.93. The van der Waals surface area contributed by atoms with E-state index < -0.39 is 23.4 Å². The molecule has 0 radical (unpaired) electrons. The van der Waals surface area contributed by atoms with E-state index >= 15 is 0 Å². The number of aromatic nitrogens is 1. The van der Waals surface area contributed by atoms with Gasteiger partial charge in [0.05, 0.1) is 5.56 Å². The second kappa shape index (κ2) is 3.96. The Morgan fingerprint density at radius 3 is 2.53 bits per heavy atom. The highest BCUT2D eigenvalue weighted by Crippen LogP contribution is 2.32. The molecule has 0 amide bonds. The summed E-state index contributed by atoms with van der Waals surface area (Å²) in [5, 5.41) is 8.60. The maximum absolute atomic E-state index is 12.5. The Balaban J connectivity index is 3.27. The minimum atomic E-state index is -4.63. The first-order valence-electron chi connectivity index (χ1n) is 4.37. The molecule has 0 spiro atoms. The fourth-order valence-corrected chi connectivity index (χ4v) is 1.39. The Kier molecular flexibility index (Phi) is 3.06. The Hall–Kier alpha value is -1.46. The summed E-state index contributed by atoms with van der Waals surface area (Å²) >= 11 is 0. The van der Waals surface area contributed by atoms with Crippen LogP contribution in [0.15, 0.2) is 12.3 Å². The van der Waals surface area contributed by atoms with Crippen molar-refractivity contribution in [3.8, 4) is 0 Å². The molecule has 0 bridgehead atoms. The van der Waals surface area contributed by atoms with Gasteiger partial charge < -0.3 is 9.67 Å². The molecule has 0 unspecified atom stereocenters. The quantitative estimate of drug-likeness (QED) is 0.852. The summed E-state index contributed by atoms with van der Waals surface area (Å²) < 4.78 is 38.5. The molecule has 0 aliphatic carbocycles. The fourth-order valence-electron chi connectivity index (χ4n) is 1.39.